The zero-order chi connectivity index (χ0) is 18.3. The molecule has 0 fully saturated rings. The van der Waals surface area contributed by atoms with Crippen LogP contribution in [0.2, 0.25) is 0 Å². The second kappa shape index (κ2) is 8.20. The first-order valence-corrected chi connectivity index (χ1v) is 9.03. The van der Waals surface area contributed by atoms with Crippen molar-refractivity contribution in [3.63, 3.8) is 0 Å². The highest BCUT2D eigenvalue weighted by molar-refractivity contribution is 6.22. The fraction of sp³-hybridized carbons (Fsp3) is 0. The number of benzene rings is 5. The van der Waals surface area contributed by atoms with Gasteiger partial charge in [0.1, 0.15) is 0 Å². The zero-order valence-corrected chi connectivity index (χ0v) is 15.0. The van der Waals surface area contributed by atoms with Crippen LogP contribution in [0.25, 0.3) is 32.3 Å². The summed E-state index contributed by atoms with van der Waals surface area (Å²) in [5.41, 5.74) is 0. The van der Waals surface area contributed by atoms with Crippen molar-refractivity contribution in [2.24, 2.45) is 0 Å². The number of furan rings is 1. The van der Waals surface area contributed by atoms with Gasteiger partial charge in [-0.2, -0.15) is 0 Å². The third-order valence-electron chi connectivity index (χ3n) is 4.48. The van der Waals surface area contributed by atoms with Gasteiger partial charge < -0.3 is 4.42 Å². The van der Waals surface area contributed by atoms with Gasteiger partial charge >= 0.3 is 0 Å². The summed E-state index contributed by atoms with van der Waals surface area (Å²) in [6, 6.07) is 37.5. The topological polar surface area (TPSA) is 13.1 Å². The molecule has 0 aliphatic rings. The lowest BCUT2D eigenvalue weighted by molar-refractivity contribution is 0.567. The average Bonchev–Trinajstić information content (AvgIpc) is 3.34. The largest absolute Gasteiger partial charge is 0.473 e. The minimum absolute atomic E-state index is 1.34. The molecule has 1 heterocycles. The Hall–Kier alpha value is -3.58. The predicted octanol–water partition coefficient (Wildman–Crippen LogP) is 7.55. The third-order valence-corrected chi connectivity index (χ3v) is 4.48. The van der Waals surface area contributed by atoms with E-state index in [0.717, 1.165) is 0 Å². The molecule has 0 atom stereocenters. The lowest BCUT2D eigenvalue weighted by atomic mass is 9.95. The Kier molecular flexibility index (Phi) is 5.12. The van der Waals surface area contributed by atoms with E-state index >= 15 is 0 Å². The van der Waals surface area contributed by atoms with Crippen LogP contribution < -0.4 is 0 Å². The van der Waals surface area contributed by atoms with E-state index in [-0.39, 0.29) is 0 Å². The van der Waals surface area contributed by atoms with Crippen molar-refractivity contribution in [3.8, 4) is 0 Å². The van der Waals surface area contributed by atoms with Crippen molar-refractivity contribution in [2.75, 3.05) is 0 Å². The number of rotatable bonds is 0. The molecule has 1 aromatic heterocycles. The van der Waals surface area contributed by atoms with Crippen LogP contribution in [0.15, 0.2) is 126 Å². The van der Waals surface area contributed by atoms with Gasteiger partial charge in [0.25, 0.3) is 0 Å². The Balaban J connectivity index is 0.000000134. The van der Waals surface area contributed by atoms with E-state index in [9.17, 15) is 0 Å². The van der Waals surface area contributed by atoms with Crippen molar-refractivity contribution in [1.82, 2.24) is 0 Å². The van der Waals surface area contributed by atoms with Gasteiger partial charge in [-0.15, -0.1) is 0 Å². The molecule has 6 rings (SSSR count). The van der Waals surface area contributed by atoms with Gasteiger partial charge in [0.05, 0.1) is 12.5 Å². The van der Waals surface area contributed by atoms with Gasteiger partial charge in [-0.25, -0.2) is 0 Å². The van der Waals surface area contributed by atoms with Crippen molar-refractivity contribution in [2.45, 2.75) is 0 Å². The highest BCUT2D eigenvalue weighted by Crippen LogP contribution is 2.33. The van der Waals surface area contributed by atoms with Crippen molar-refractivity contribution < 1.29 is 4.42 Å². The maximum atomic E-state index is 4.58. The van der Waals surface area contributed by atoms with Crippen LogP contribution in [0.4, 0.5) is 0 Å². The Morgan fingerprint density at radius 1 is 0.333 bits per heavy atom. The molecule has 0 aliphatic carbocycles. The fourth-order valence-electron chi connectivity index (χ4n) is 3.28. The van der Waals surface area contributed by atoms with Gasteiger partial charge in [-0.05, 0) is 44.5 Å². The molecule has 0 spiro atoms. The quantitative estimate of drug-likeness (QED) is 0.258. The summed E-state index contributed by atoms with van der Waals surface area (Å²) in [4.78, 5) is 0. The van der Waals surface area contributed by atoms with Crippen LogP contribution in [-0.2, 0) is 0 Å². The van der Waals surface area contributed by atoms with E-state index in [2.05, 4.69) is 65.1 Å². The van der Waals surface area contributed by atoms with E-state index < -0.39 is 0 Å². The Morgan fingerprint density at radius 2 is 0.667 bits per heavy atom. The zero-order valence-electron chi connectivity index (χ0n) is 15.0. The van der Waals surface area contributed by atoms with Crippen LogP contribution in [0.3, 0.4) is 0 Å². The van der Waals surface area contributed by atoms with E-state index in [1.807, 2.05) is 48.5 Å². The van der Waals surface area contributed by atoms with Crippen LogP contribution in [0.1, 0.15) is 0 Å². The molecule has 1 nitrogen and oxygen atoms in total. The van der Waals surface area contributed by atoms with E-state index in [1.165, 1.54) is 32.3 Å². The minimum atomic E-state index is 1.34. The molecule has 0 radical (unpaired) electrons. The molecule has 1 heteroatoms. The average molecular weight is 348 g/mol. The summed E-state index contributed by atoms with van der Waals surface area (Å²) in [6.45, 7) is 0. The molecule has 27 heavy (non-hydrogen) atoms. The van der Waals surface area contributed by atoms with Crippen LogP contribution in [0, 0.1) is 0 Å². The highest BCUT2D eigenvalue weighted by atomic mass is 16.3. The van der Waals surface area contributed by atoms with Gasteiger partial charge in [0.2, 0.25) is 0 Å². The fourth-order valence-corrected chi connectivity index (χ4v) is 3.28. The molecule has 0 saturated heterocycles. The van der Waals surface area contributed by atoms with Gasteiger partial charge in [-0.3, -0.25) is 0 Å². The van der Waals surface area contributed by atoms with Crippen molar-refractivity contribution >= 4 is 32.3 Å². The van der Waals surface area contributed by atoms with Crippen molar-refractivity contribution in [3.05, 3.63) is 122 Å². The molecule has 0 N–H and O–H groups in total. The molecule has 130 valence electrons. The first-order chi connectivity index (χ1) is 13.4. The summed E-state index contributed by atoms with van der Waals surface area (Å²) in [5, 5.41) is 8.14. The molecule has 5 aromatic carbocycles. The predicted molar refractivity (Wildman–Crippen MR) is 115 cm³/mol. The van der Waals surface area contributed by atoms with Gasteiger partial charge in [-0.1, -0.05) is 97.1 Å². The van der Waals surface area contributed by atoms with Crippen molar-refractivity contribution in [1.29, 1.82) is 0 Å². The van der Waals surface area contributed by atoms with E-state index in [1.54, 1.807) is 12.5 Å². The summed E-state index contributed by atoms with van der Waals surface area (Å²) in [5.74, 6) is 0. The molecular weight excluding hydrogens is 328 g/mol. The van der Waals surface area contributed by atoms with Gasteiger partial charge in [0.15, 0.2) is 0 Å². The molecule has 0 unspecified atom stereocenters. The summed E-state index contributed by atoms with van der Waals surface area (Å²) in [6.07, 6.45) is 3.25. The Labute approximate surface area is 158 Å². The molecule has 0 saturated carbocycles. The molecule has 0 aliphatic heterocycles. The SMILES string of the molecule is c1cc2ccc3cccc4ccc(c1)c2c34.c1ccccc1.c1ccoc1. The summed E-state index contributed by atoms with van der Waals surface area (Å²) >= 11 is 0. The molecule has 0 bridgehead atoms. The second-order valence-electron chi connectivity index (χ2n) is 6.24. The first kappa shape index (κ1) is 16.9. The normalized spacial score (nSPS) is 10.2. The minimum Gasteiger partial charge on any atom is -0.473 e. The third kappa shape index (κ3) is 3.83. The number of hydrogen-bond acceptors (Lipinski definition) is 1. The Bertz CT molecular complexity index is 1030. The van der Waals surface area contributed by atoms with Crippen LogP contribution in [-0.4, -0.2) is 0 Å². The smallest absolute Gasteiger partial charge is 0.0902 e. The first-order valence-electron chi connectivity index (χ1n) is 9.03. The maximum absolute atomic E-state index is 4.58. The van der Waals surface area contributed by atoms with Crippen LogP contribution >= 0.6 is 0 Å². The lowest BCUT2D eigenvalue weighted by Crippen LogP contribution is -1.82. The highest BCUT2D eigenvalue weighted by Gasteiger charge is 2.05. The van der Waals surface area contributed by atoms with Crippen LogP contribution in [0.5, 0.6) is 0 Å². The standard InChI is InChI=1S/C16H10.C6H6.C4H4O/c1-3-11-7-9-13-5-2-6-14-10-8-12(4-1)15(11)16(13)14;1-2-4-6-5-3-1;1-2-4-5-3-1/h1-10H;1-6H;1-4H. The molecule has 0 amide bonds. The van der Waals surface area contributed by atoms with E-state index in [4.69, 9.17) is 0 Å². The molecule has 6 aromatic rings. The molecular formula is C26H20O. The Morgan fingerprint density at radius 3 is 0.926 bits per heavy atom. The van der Waals surface area contributed by atoms with Gasteiger partial charge in [0, 0.05) is 0 Å². The monoisotopic (exact) mass is 348 g/mol. The number of hydrogen-bond donors (Lipinski definition) is 0. The summed E-state index contributed by atoms with van der Waals surface area (Å²) in [7, 11) is 0. The van der Waals surface area contributed by atoms with E-state index in [0.29, 0.717) is 0 Å². The lowest BCUT2D eigenvalue weighted by Gasteiger charge is -2.09. The maximum Gasteiger partial charge on any atom is 0.0902 e. The second-order valence-corrected chi connectivity index (χ2v) is 6.24. The summed E-state index contributed by atoms with van der Waals surface area (Å²) < 4.78 is 4.58.